The molecule has 0 aliphatic carbocycles. The third kappa shape index (κ3) is 5.65. The van der Waals surface area contributed by atoms with Gasteiger partial charge in [0.1, 0.15) is 0 Å². The molecule has 1 amide bonds. The van der Waals surface area contributed by atoms with E-state index in [2.05, 4.69) is 5.32 Å². The number of aliphatic hydroxyl groups is 1. The quantitative estimate of drug-likeness (QED) is 0.807. The van der Waals surface area contributed by atoms with Crippen molar-refractivity contribution in [2.75, 3.05) is 25.0 Å². The maximum atomic E-state index is 12.0. The van der Waals surface area contributed by atoms with Gasteiger partial charge < -0.3 is 15.2 Å². The number of hydrogen-bond donors (Lipinski definition) is 2. The lowest BCUT2D eigenvalue weighted by Crippen LogP contribution is -2.42. The van der Waals surface area contributed by atoms with Gasteiger partial charge in [-0.2, -0.15) is 0 Å². The Balaban J connectivity index is 1.85. The first-order valence-electron chi connectivity index (χ1n) is 7.95. The highest BCUT2D eigenvalue weighted by Gasteiger charge is 2.19. The maximum Gasteiger partial charge on any atom is 0.338 e. The monoisotopic (exact) mass is 320 g/mol. The van der Waals surface area contributed by atoms with Gasteiger partial charge in [0.2, 0.25) is 5.91 Å². The van der Waals surface area contributed by atoms with Crippen LogP contribution >= 0.6 is 0 Å². The zero-order chi connectivity index (χ0) is 16.8. The molecule has 1 fully saturated rings. The molecular weight excluding hydrogens is 296 g/mol. The van der Waals surface area contributed by atoms with Gasteiger partial charge in [-0.15, -0.1) is 0 Å². The molecule has 1 aromatic rings. The summed E-state index contributed by atoms with van der Waals surface area (Å²) >= 11 is 0. The topological polar surface area (TPSA) is 78.9 Å². The molecule has 2 N–H and O–H groups in total. The van der Waals surface area contributed by atoms with Gasteiger partial charge in [-0.05, 0) is 57.5 Å². The van der Waals surface area contributed by atoms with Crippen molar-refractivity contribution in [3.63, 3.8) is 0 Å². The number of likely N-dealkylation sites (tertiary alicyclic amines) is 1. The lowest BCUT2D eigenvalue weighted by Gasteiger charge is -2.29. The summed E-state index contributed by atoms with van der Waals surface area (Å²) in [7, 11) is 0. The molecular formula is C17H24N2O4. The van der Waals surface area contributed by atoms with E-state index in [-0.39, 0.29) is 30.6 Å². The fraction of sp³-hybridized carbons (Fsp3) is 0.529. The van der Waals surface area contributed by atoms with Gasteiger partial charge in [-0.25, -0.2) is 4.79 Å². The van der Waals surface area contributed by atoms with E-state index < -0.39 is 0 Å². The molecule has 1 aromatic carbocycles. The first kappa shape index (κ1) is 17.4. The van der Waals surface area contributed by atoms with Gasteiger partial charge in [0, 0.05) is 12.2 Å². The van der Waals surface area contributed by atoms with Crippen LogP contribution in [0, 0.1) is 0 Å². The summed E-state index contributed by atoms with van der Waals surface area (Å²) in [6, 6.07) is 6.62. The van der Waals surface area contributed by atoms with E-state index in [9.17, 15) is 14.7 Å². The number of piperidine rings is 1. The third-order valence-corrected chi connectivity index (χ3v) is 3.59. The minimum absolute atomic E-state index is 0.128. The fourth-order valence-electron chi connectivity index (χ4n) is 2.55. The number of ether oxygens (including phenoxy) is 1. The largest absolute Gasteiger partial charge is 0.459 e. The maximum absolute atomic E-state index is 12.0. The van der Waals surface area contributed by atoms with Crippen LogP contribution in [0.1, 0.15) is 37.0 Å². The minimum atomic E-state index is -0.375. The molecule has 0 bridgehead atoms. The molecule has 6 heteroatoms. The Hall–Kier alpha value is -1.92. The Morgan fingerprint density at radius 1 is 1.35 bits per heavy atom. The van der Waals surface area contributed by atoms with Gasteiger partial charge in [-0.3, -0.25) is 9.69 Å². The highest BCUT2D eigenvalue weighted by Crippen LogP contribution is 2.13. The summed E-state index contributed by atoms with van der Waals surface area (Å²) < 4.78 is 5.11. The van der Waals surface area contributed by atoms with Crippen molar-refractivity contribution in [2.24, 2.45) is 0 Å². The van der Waals surface area contributed by atoms with Crippen molar-refractivity contribution in [3.05, 3.63) is 29.8 Å². The van der Waals surface area contributed by atoms with Crippen molar-refractivity contribution in [3.8, 4) is 0 Å². The molecule has 0 spiro atoms. The third-order valence-electron chi connectivity index (χ3n) is 3.59. The molecule has 23 heavy (non-hydrogen) atoms. The van der Waals surface area contributed by atoms with Gasteiger partial charge in [0.15, 0.2) is 0 Å². The molecule has 2 rings (SSSR count). The van der Waals surface area contributed by atoms with Gasteiger partial charge >= 0.3 is 5.97 Å². The Morgan fingerprint density at radius 3 is 2.65 bits per heavy atom. The number of carbonyl (C=O) groups is 2. The molecule has 0 saturated carbocycles. The molecule has 1 heterocycles. The summed E-state index contributed by atoms with van der Waals surface area (Å²) in [6.45, 7) is 5.21. The Labute approximate surface area is 136 Å². The molecule has 0 radical (unpaired) electrons. The number of amides is 1. The van der Waals surface area contributed by atoms with Crippen molar-refractivity contribution in [1.29, 1.82) is 0 Å². The van der Waals surface area contributed by atoms with Crippen LogP contribution in [0.25, 0.3) is 0 Å². The predicted molar refractivity (Wildman–Crippen MR) is 87.3 cm³/mol. The first-order valence-corrected chi connectivity index (χ1v) is 7.95. The number of hydrogen-bond acceptors (Lipinski definition) is 5. The van der Waals surface area contributed by atoms with Crippen LogP contribution < -0.4 is 5.32 Å². The number of nitrogens with one attached hydrogen (secondary N) is 1. The molecule has 1 atom stereocenters. The van der Waals surface area contributed by atoms with Gasteiger partial charge in [0.05, 0.1) is 24.3 Å². The average Bonchev–Trinajstić information content (AvgIpc) is 2.47. The standard InChI is InChI=1S/C17H24N2O4/c1-12(2)23-17(22)13-5-7-14(8-6-13)18-16(21)11-19-9-3-4-15(20)10-19/h5-8,12,15,20H,3-4,9-11H2,1-2H3,(H,18,21). The predicted octanol–water partition coefficient (Wildman–Crippen LogP) is 1.65. The van der Waals surface area contributed by atoms with E-state index in [4.69, 9.17) is 4.74 Å². The van der Waals surface area contributed by atoms with Crippen LogP contribution in [0.2, 0.25) is 0 Å². The van der Waals surface area contributed by atoms with E-state index in [1.54, 1.807) is 38.1 Å². The van der Waals surface area contributed by atoms with E-state index >= 15 is 0 Å². The van der Waals surface area contributed by atoms with Crippen LogP contribution in [0.3, 0.4) is 0 Å². The Morgan fingerprint density at radius 2 is 2.04 bits per heavy atom. The number of β-amino-alcohol motifs (C(OH)–C–C–N with tert-alkyl or cyclic N) is 1. The number of nitrogens with zero attached hydrogens (tertiary/aromatic N) is 1. The van der Waals surface area contributed by atoms with Crippen LogP contribution in [0.5, 0.6) is 0 Å². The normalized spacial score (nSPS) is 18.7. The van der Waals surface area contributed by atoms with E-state index in [0.717, 1.165) is 19.4 Å². The van der Waals surface area contributed by atoms with Crippen LogP contribution in [0.4, 0.5) is 5.69 Å². The average molecular weight is 320 g/mol. The number of benzene rings is 1. The van der Waals surface area contributed by atoms with Crippen molar-refractivity contribution in [1.82, 2.24) is 4.90 Å². The lowest BCUT2D eigenvalue weighted by molar-refractivity contribution is -0.118. The van der Waals surface area contributed by atoms with Crippen LogP contribution in [0.15, 0.2) is 24.3 Å². The zero-order valence-corrected chi connectivity index (χ0v) is 13.6. The second kappa shape index (κ2) is 8.08. The van der Waals surface area contributed by atoms with E-state index in [0.29, 0.717) is 17.8 Å². The summed E-state index contributed by atoms with van der Waals surface area (Å²) in [4.78, 5) is 25.7. The smallest absolute Gasteiger partial charge is 0.338 e. The highest BCUT2D eigenvalue weighted by atomic mass is 16.5. The summed E-state index contributed by atoms with van der Waals surface area (Å²) in [6.07, 6.45) is 1.19. The number of carbonyl (C=O) groups excluding carboxylic acids is 2. The molecule has 126 valence electrons. The van der Waals surface area contributed by atoms with Crippen LogP contribution in [-0.2, 0) is 9.53 Å². The second-order valence-electron chi connectivity index (χ2n) is 6.11. The number of aliphatic hydroxyl groups excluding tert-OH is 1. The van der Waals surface area contributed by atoms with E-state index in [1.807, 2.05) is 4.90 Å². The molecule has 1 aliphatic rings. The van der Waals surface area contributed by atoms with Gasteiger partial charge in [-0.1, -0.05) is 0 Å². The van der Waals surface area contributed by atoms with Crippen molar-refractivity contribution in [2.45, 2.75) is 38.9 Å². The molecule has 1 saturated heterocycles. The number of anilines is 1. The zero-order valence-electron chi connectivity index (χ0n) is 13.6. The van der Waals surface area contributed by atoms with Crippen LogP contribution in [-0.4, -0.2) is 53.7 Å². The molecule has 6 nitrogen and oxygen atoms in total. The lowest BCUT2D eigenvalue weighted by atomic mass is 10.1. The Kier molecular flexibility index (Phi) is 6.12. The SMILES string of the molecule is CC(C)OC(=O)c1ccc(NC(=O)CN2CCCC(O)C2)cc1. The van der Waals surface area contributed by atoms with Crippen molar-refractivity contribution < 1.29 is 19.4 Å². The van der Waals surface area contributed by atoms with E-state index in [1.165, 1.54) is 0 Å². The molecule has 1 aliphatic heterocycles. The molecule has 0 aromatic heterocycles. The fourth-order valence-corrected chi connectivity index (χ4v) is 2.55. The number of rotatable bonds is 5. The summed E-state index contributed by atoms with van der Waals surface area (Å²) in [5.74, 6) is -0.503. The second-order valence-corrected chi connectivity index (χ2v) is 6.11. The summed E-state index contributed by atoms with van der Waals surface area (Å²) in [5.41, 5.74) is 1.09. The first-order chi connectivity index (χ1) is 10.9. The van der Waals surface area contributed by atoms with Gasteiger partial charge in [0.25, 0.3) is 0 Å². The van der Waals surface area contributed by atoms with Crippen molar-refractivity contribution >= 4 is 17.6 Å². The minimum Gasteiger partial charge on any atom is -0.459 e. The Bertz CT molecular complexity index is 542. The molecule has 1 unspecified atom stereocenters. The number of esters is 1. The summed E-state index contributed by atoms with van der Waals surface area (Å²) in [5, 5.41) is 12.4. The highest BCUT2D eigenvalue weighted by molar-refractivity contribution is 5.94.